The Bertz CT molecular complexity index is 891. The Balaban J connectivity index is 1.86. The molecule has 1 fully saturated rings. The lowest BCUT2D eigenvalue weighted by molar-refractivity contribution is -0.277. The van der Waals surface area contributed by atoms with Crippen LogP contribution in [-0.4, -0.2) is 68.6 Å². The minimum Gasteiger partial charge on any atom is -0.507 e. The summed E-state index contributed by atoms with van der Waals surface area (Å²) in [6.45, 7) is 0.877. The number of aliphatic hydroxyl groups excluding tert-OH is 4. The second kappa shape index (κ2) is 8.26. The molecule has 3 rings (SSSR count). The zero-order valence-corrected chi connectivity index (χ0v) is 15.1. The van der Waals surface area contributed by atoms with Crippen LogP contribution < -0.4 is 4.74 Å². The number of fused-ring (bicyclic) bond motifs is 1. The zero-order chi connectivity index (χ0) is 20.4. The minimum atomic E-state index is -1.56. The van der Waals surface area contributed by atoms with Crippen molar-refractivity contribution in [1.29, 1.82) is 0 Å². The van der Waals surface area contributed by atoms with E-state index in [9.17, 15) is 30.3 Å². The van der Waals surface area contributed by atoms with Crippen molar-refractivity contribution in [1.82, 2.24) is 0 Å². The van der Waals surface area contributed by atoms with E-state index in [-0.39, 0.29) is 17.3 Å². The molecule has 2 aromatic rings. The molecule has 8 nitrogen and oxygen atoms in total. The van der Waals surface area contributed by atoms with E-state index in [4.69, 9.17) is 9.47 Å². The Morgan fingerprint density at radius 3 is 2.57 bits per heavy atom. The number of ether oxygens (including phenoxy) is 2. The molecular formula is C20H22O8. The summed E-state index contributed by atoms with van der Waals surface area (Å²) in [4.78, 5) is 11.1. The molecule has 1 heterocycles. The van der Waals surface area contributed by atoms with Gasteiger partial charge >= 0.3 is 0 Å². The third-order valence-corrected chi connectivity index (χ3v) is 4.54. The lowest BCUT2D eigenvalue weighted by Gasteiger charge is -2.39. The molecule has 1 aliphatic heterocycles. The number of allylic oxidation sites excluding steroid dienone is 1. The number of aliphatic hydroxyl groups is 4. The molecule has 1 aliphatic rings. The van der Waals surface area contributed by atoms with E-state index < -0.39 is 37.3 Å². The molecule has 5 N–H and O–H groups in total. The summed E-state index contributed by atoms with van der Waals surface area (Å²) in [7, 11) is 0. The van der Waals surface area contributed by atoms with Crippen molar-refractivity contribution < 1.29 is 39.8 Å². The number of carbonyl (C=O) groups is 1. The van der Waals surface area contributed by atoms with Gasteiger partial charge in [-0.1, -0.05) is 18.2 Å². The van der Waals surface area contributed by atoms with Crippen molar-refractivity contribution in [2.75, 3.05) is 6.61 Å². The Kier molecular flexibility index (Phi) is 5.97. The lowest BCUT2D eigenvalue weighted by atomic mass is 9.99. The Morgan fingerprint density at radius 2 is 1.89 bits per heavy atom. The maximum absolute atomic E-state index is 11.1. The molecule has 0 bridgehead atoms. The van der Waals surface area contributed by atoms with E-state index in [0.717, 1.165) is 5.56 Å². The van der Waals surface area contributed by atoms with Gasteiger partial charge in [0.05, 0.1) is 6.61 Å². The van der Waals surface area contributed by atoms with Gasteiger partial charge in [0.1, 0.15) is 35.9 Å². The van der Waals surface area contributed by atoms with Crippen molar-refractivity contribution in [3.63, 3.8) is 0 Å². The molecule has 2 aromatic carbocycles. The average Bonchev–Trinajstić information content (AvgIpc) is 2.67. The van der Waals surface area contributed by atoms with Crippen LogP contribution in [0.25, 0.3) is 16.8 Å². The molecule has 5 atom stereocenters. The highest BCUT2D eigenvalue weighted by Crippen LogP contribution is 2.33. The predicted octanol–water partition coefficient (Wildman–Crippen LogP) is 0.326. The van der Waals surface area contributed by atoms with Crippen LogP contribution >= 0.6 is 0 Å². The van der Waals surface area contributed by atoms with Crippen LogP contribution in [0.5, 0.6) is 11.5 Å². The van der Waals surface area contributed by atoms with E-state index in [1.165, 1.54) is 19.1 Å². The number of hydrogen-bond acceptors (Lipinski definition) is 8. The molecule has 8 heteroatoms. The van der Waals surface area contributed by atoms with Crippen molar-refractivity contribution in [2.24, 2.45) is 0 Å². The van der Waals surface area contributed by atoms with Crippen molar-refractivity contribution in [3.05, 3.63) is 42.0 Å². The average molecular weight is 390 g/mol. The summed E-state index contributed by atoms with van der Waals surface area (Å²) in [6, 6.07) is 8.13. The molecule has 0 amide bonds. The van der Waals surface area contributed by atoms with Crippen LogP contribution in [0.15, 0.2) is 36.4 Å². The fourth-order valence-electron chi connectivity index (χ4n) is 3.01. The first-order valence-corrected chi connectivity index (χ1v) is 8.72. The first-order chi connectivity index (χ1) is 13.3. The van der Waals surface area contributed by atoms with E-state index in [2.05, 4.69) is 0 Å². The minimum absolute atomic E-state index is 0.0878. The summed E-state index contributed by atoms with van der Waals surface area (Å²) in [5.74, 6) is -0.0101. The van der Waals surface area contributed by atoms with Crippen LogP contribution in [0.4, 0.5) is 0 Å². The van der Waals surface area contributed by atoms with Gasteiger partial charge in [-0.25, -0.2) is 0 Å². The van der Waals surface area contributed by atoms with E-state index in [1.807, 2.05) is 0 Å². The van der Waals surface area contributed by atoms with E-state index >= 15 is 0 Å². The number of aromatic hydroxyl groups is 1. The van der Waals surface area contributed by atoms with Crippen LogP contribution in [0.3, 0.4) is 0 Å². The van der Waals surface area contributed by atoms with Gasteiger partial charge < -0.3 is 35.0 Å². The second-order valence-electron chi connectivity index (χ2n) is 6.68. The largest absolute Gasteiger partial charge is 0.507 e. The summed E-state index contributed by atoms with van der Waals surface area (Å²) in [5, 5.41) is 50.5. The second-order valence-corrected chi connectivity index (χ2v) is 6.68. The number of ketones is 1. The maximum Gasteiger partial charge on any atom is 0.229 e. The van der Waals surface area contributed by atoms with Crippen LogP contribution in [0, 0.1) is 0 Å². The Labute approximate surface area is 160 Å². The molecule has 0 unspecified atom stereocenters. The summed E-state index contributed by atoms with van der Waals surface area (Å²) in [6.07, 6.45) is -3.95. The third kappa shape index (κ3) is 4.16. The predicted molar refractivity (Wildman–Crippen MR) is 99.7 cm³/mol. The normalized spacial score (nSPS) is 28.0. The molecule has 0 aromatic heterocycles. The smallest absolute Gasteiger partial charge is 0.229 e. The van der Waals surface area contributed by atoms with Crippen LogP contribution in [0.2, 0.25) is 0 Å². The van der Waals surface area contributed by atoms with Crippen molar-refractivity contribution in [3.8, 4) is 11.5 Å². The molecular weight excluding hydrogens is 368 g/mol. The van der Waals surface area contributed by atoms with E-state index in [1.54, 1.807) is 30.3 Å². The number of hydrogen-bond donors (Lipinski definition) is 5. The van der Waals surface area contributed by atoms with Gasteiger partial charge in [-0.3, -0.25) is 4.79 Å². The quantitative estimate of drug-likeness (QED) is 0.461. The molecule has 150 valence electrons. The monoisotopic (exact) mass is 390 g/mol. The summed E-state index contributed by atoms with van der Waals surface area (Å²) in [5.41, 5.74) is 0.737. The summed E-state index contributed by atoms with van der Waals surface area (Å²) < 4.78 is 10.8. The standard InChI is InChI=1S/C20H22O8/c1-10(22)2-3-11-4-5-12-7-13(8-15(23)14(12)6-11)27-20-19(26)18(25)17(24)16(9-21)28-20/h2-8,16-21,23-26H,9H2,1H3/t16-,17-,18+,19-,20-/m1/s1. The fourth-order valence-corrected chi connectivity index (χ4v) is 3.01. The Hall–Kier alpha value is -2.49. The number of benzene rings is 2. The SMILES string of the molecule is CC(=O)C=Cc1ccc2cc(O[C@@H]3O[C@H](CO)[C@@H](O)[C@H](O)[C@H]3O)cc(O)c2c1. The molecule has 0 spiro atoms. The highest BCUT2D eigenvalue weighted by atomic mass is 16.7. The van der Waals surface area contributed by atoms with E-state index in [0.29, 0.717) is 10.8 Å². The molecule has 1 saturated heterocycles. The highest BCUT2D eigenvalue weighted by molar-refractivity contribution is 5.94. The number of phenolic OH excluding ortho intramolecular Hbond substituents is 1. The lowest BCUT2D eigenvalue weighted by Crippen LogP contribution is -2.60. The molecule has 28 heavy (non-hydrogen) atoms. The zero-order valence-electron chi connectivity index (χ0n) is 15.1. The van der Waals surface area contributed by atoms with Gasteiger partial charge in [-0.05, 0) is 36.1 Å². The van der Waals surface area contributed by atoms with Gasteiger partial charge in [0, 0.05) is 11.5 Å². The highest BCUT2D eigenvalue weighted by Gasteiger charge is 2.44. The van der Waals surface area contributed by atoms with Crippen LogP contribution in [-0.2, 0) is 9.53 Å². The molecule has 0 aliphatic carbocycles. The number of phenols is 1. The number of rotatable bonds is 5. The number of carbonyl (C=O) groups excluding carboxylic acids is 1. The van der Waals surface area contributed by atoms with Gasteiger partial charge in [-0.15, -0.1) is 0 Å². The third-order valence-electron chi connectivity index (χ3n) is 4.54. The van der Waals surface area contributed by atoms with Gasteiger partial charge in [-0.2, -0.15) is 0 Å². The topological polar surface area (TPSA) is 137 Å². The first-order valence-electron chi connectivity index (χ1n) is 8.72. The first kappa shape index (κ1) is 20.2. The van der Waals surface area contributed by atoms with Crippen molar-refractivity contribution in [2.45, 2.75) is 37.6 Å². The van der Waals surface area contributed by atoms with Gasteiger partial charge in [0.25, 0.3) is 0 Å². The Morgan fingerprint density at radius 1 is 1.14 bits per heavy atom. The molecule has 0 radical (unpaired) electrons. The molecule has 0 saturated carbocycles. The maximum atomic E-state index is 11.1. The van der Waals surface area contributed by atoms with Gasteiger partial charge in [0.2, 0.25) is 6.29 Å². The van der Waals surface area contributed by atoms with Crippen LogP contribution in [0.1, 0.15) is 12.5 Å². The summed E-state index contributed by atoms with van der Waals surface area (Å²) >= 11 is 0. The van der Waals surface area contributed by atoms with Crippen molar-refractivity contribution >= 4 is 22.6 Å². The van der Waals surface area contributed by atoms with Gasteiger partial charge in [0.15, 0.2) is 5.78 Å². The fraction of sp³-hybridized carbons (Fsp3) is 0.350.